The van der Waals surface area contributed by atoms with Gasteiger partial charge in [0.1, 0.15) is 11.5 Å². The lowest BCUT2D eigenvalue weighted by Gasteiger charge is -2.16. The van der Waals surface area contributed by atoms with Crippen LogP contribution in [0.3, 0.4) is 0 Å². The van der Waals surface area contributed by atoms with E-state index in [9.17, 15) is 10.2 Å². The van der Waals surface area contributed by atoms with E-state index in [0.29, 0.717) is 22.6 Å². The Kier molecular flexibility index (Phi) is 3.94. The van der Waals surface area contributed by atoms with Gasteiger partial charge in [0, 0.05) is 11.6 Å². The standard InChI is InChI=1S/C11H16O4/c1-7-8(5-12)9(6-13)11(15-3)4-10(7)14-2/h4,12-13H,5-6H2,1-3H3. The summed E-state index contributed by atoms with van der Waals surface area (Å²) in [5.74, 6) is 1.18. The summed E-state index contributed by atoms with van der Waals surface area (Å²) in [6, 6.07) is 1.71. The molecular weight excluding hydrogens is 196 g/mol. The molecule has 0 saturated heterocycles. The van der Waals surface area contributed by atoms with Crippen LogP contribution in [-0.4, -0.2) is 24.4 Å². The quantitative estimate of drug-likeness (QED) is 0.781. The predicted octanol–water partition coefficient (Wildman–Crippen LogP) is 0.997. The Hall–Kier alpha value is -1.26. The molecule has 1 aromatic rings. The van der Waals surface area contributed by atoms with E-state index in [4.69, 9.17) is 9.47 Å². The van der Waals surface area contributed by atoms with Crippen LogP contribution < -0.4 is 9.47 Å². The molecule has 0 aliphatic carbocycles. The molecule has 0 spiro atoms. The van der Waals surface area contributed by atoms with Gasteiger partial charge in [-0.3, -0.25) is 0 Å². The van der Waals surface area contributed by atoms with Crippen LogP contribution in [0.25, 0.3) is 0 Å². The van der Waals surface area contributed by atoms with Crippen molar-refractivity contribution in [3.8, 4) is 11.5 Å². The second kappa shape index (κ2) is 5.00. The van der Waals surface area contributed by atoms with Crippen LogP contribution in [0.15, 0.2) is 6.07 Å². The summed E-state index contributed by atoms with van der Waals surface area (Å²) in [5, 5.41) is 18.5. The van der Waals surface area contributed by atoms with Crippen LogP contribution in [-0.2, 0) is 13.2 Å². The van der Waals surface area contributed by atoms with E-state index < -0.39 is 0 Å². The number of ether oxygens (including phenoxy) is 2. The zero-order valence-corrected chi connectivity index (χ0v) is 9.20. The first-order valence-corrected chi connectivity index (χ1v) is 4.64. The fraction of sp³-hybridized carbons (Fsp3) is 0.455. The third-order valence-corrected chi connectivity index (χ3v) is 2.50. The Morgan fingerprint density at radius 2 is 1.53 bits per heavy atom. The molecule has 4 heteroatoms. The molecule has 0 amide bonds. The normalized spacial score (nSPS) is 10.2. The minimum Gasteiger partial charge on any atom is -0.496 e. The molecule has 84 valence electrons. The Balaban J connectivity index is 3.43. The van der Waals surface area contributed by atoms with Crippen LogP contribution in [0.1, 0.15) is 16.7 Å². The number of aliphatic hydroxyl groups excluding tert-OH is 2. The minimum absolute atomic E-state index is 0.144. The highest BCUT2D eigenvalue weighted by atomic mass is 16.5. The maximum atomic E-state index is 9.25. The first-order chi connectivity index (χ1) is 7.19. The zero-order valence-electron chi connectivity index (χ0n) is 9.20. The molecule has 1 aromatic carbocycles. The van der Waals surface area contributed by atoms with Crippen LogP contribution in [0.5, 0.6) is 11.5 Å². The van der Waals surface area contributed by atoms with Crippen LogP contribution in [0.4, 0.5) is 0 Å². The minimum atomic E-state index is -0.163. The van der Waals surface area contributed by atoms with Crippen molar-refractivity contribution in [3.05, 3.63) is 22.8 Å². The molecule has 15 heavy (non-hydrogen) atoms. The number of rotatable bonds is 4. The molecule has 0 aliphatic rings. The van der Waals surface area contributed by atoms with E-state index >= 15 is 0 Å². The van der Waals surface area contributed by atoms with Crippen LogP contribution in [0, 0.1) is 6.92 Å². The second-order valence-corrected chi connectivity index (χ2v) is 3.18. The van der Waals surface area contributed by atoms with Crippen molar-refractivity contribution >= 4 is 0 Å². The van der Waals surface area contributed by atoms with E-state index in [1.165, 1.54) is 7.11 Å². The second-order valence-electron chi connectivity index (χ2n) is 3.18. The van der Waals surface area contributed by atoms with Crippen molar-refractivity contribution < 1.29 is 19.7 Å². The van der Waals surface area contributed by atoms with Crippen molar-refractivity contribution in [2.24, 2.45) is 0 Å². The molecule has 0 radical (unpaired) electrons. The molecule has 0 aliphatic heterocycles. The first kappa shape index (κ1) is 11.8. The molecule has 2 N–H and O–H groups in total. The van der Waals surface area contributed by atoms with Gasteiger partial charge in [-0.25, -0.2) is 0 Å². The van der Waals surface area contributed by atoms with Crippen LogP contribution >= 0.6 is 0 Å². The average Bonchev–Trinajstić information content (AvgIpc) is 2.28. The van der Waals surface area contributed by atoms with Gasteiger partial charge in [0.25, 0.3) is 0 Å². The number of benzene rings is 1. The monoisotopic (exact) mass is 212 g/mol. The lowest BCUT2D eigenvalue weighted by molar-refractivity contribution is 0.252. The Bertz CT molecular complexity index is 347. The van der Waals surface area contributed by atoms with E-state index in [1.54, 1.807) is 13.2 Å². The summed E-state index contributed by atoms with van der Waals surface area (Å²) >= 11 is 0. The molecule has 0 atom stereocenters. The Morgan fingerprint density at radius 1 is 1.00 bits per heavy atom. The van der Waals surface area contributed by atoms with Gasteiger partial charge in [-0.15, -0.1) is 0 Å². The number of hydrogen-bond donors (Lipinski definition) is 2. The third kappa shape index (κ3) is 2.06. The first-order valence-electron chi connectivity index (χ1n) is 4.64. The van der Waals surface area contributed by atoms with E-state index in [-0.39, 0.29) is 13.2 Å². The van der Waals surface area contributed by atoms with Crippen molar-refractivity contribution in [3.63, 3.8) is 0 Å². The van der Waals surface area contributed by atoms with Gasteiger partial charge in [0.15, 0.2) is 0 Å². The summed E-state index contributed by atoms with van der Waals surface area (Å²) in [6.07, 6.45) is 0. The van der Waals surface area contributed by atoms with Gasteiger partial charge in [-0.1, -0.05) is 0 Å². The molecule has 0 bridgehead atoms. The lowest BCUT2D eigenvalue weighted by Crippen LogP contribution is -2.03. The molecular formula is C11H16O4. The van der Waals surface area contributed by atoms with Crippen molar-refractivity contribution in [2.75, 3.05) is 14.2 Å². The summed E-state index contributed by atoms with van der Waals surface area (Å²) in [7, 11) is 3.08. The Labute approximate surface area is 89.1 Å². The van der Waals surface area contributed by atoms with Gasteiger partial charge in [0.05, 0.1) is 27.4 Å². The maximum absolute atomic E-state index is 9.25. The molecule has 4 nitrogen and oxygen atoms in total. The van der Waals surface area contributed by atoms with Gasteiger partial charge in [-0.2, -0.15) is 0 Å². The summed E-state index contributed by atoms with van der Waals surface area (Å²) in [5.41, 5.74) is 2.09. The van der Waals surface area contributed by atoms with Crippen molar-refractivity contribution in [2.45, 2.75) is 20.1 Å². The van der Waals surface area contributed by atoms with Crippen molar-refractivity contribution in [1.29, 1.82) is 0 Å². The zero-order chi connectivity index (χ0) is 11.4. The van der Waals surface area contributed by atoms with E-state index in [1.807, 2.05) is 6.92 Å². The highest BCUT2D eigenvalue weighted by molar-refractivity contribution is 5.52. The smallest absolute Gasteiger partial charge is 0.128 e. The summed E-state index contributed by atoms with van der Waals surface area (Å²) < 4.78 is 10.3. The van der Waals surface area contributed by atoms with Crippen LogP contribution in [0.2, 0.25) is 0 Å². The largest absolute Gasteiger partial charge is 0.496 e. The van der Waals surface area contributed by atoms with E-state index in [2.05, 4.69) is 0 Å². The van der Waals surface area contributed by atoms with Gasteiger partial charge < -0.3 is 19.7 Å². The lowest BCUT2D eigenvalue weighted by atomic mass is 10.0. The van der Waals surface area contributed by atoms with Gasteiger partial charge in [0.2, 0.25) is 0 Å². The molecule has 0 saturated carbocycles. The summed E-state index contributed by atoms with van der Waals surface area (Å²) in [4.78, 5) is 0. The molecule has 0 unspecified atom stereocenters. The predicted molar refractivity (Wildman–Crippen MR) is 56.1 cm³/mol. The number of methoxy groups -OCH3 is 2. The highest BCUT2D eigenvalue weighted by Gasteiger charge is 2.15. The number of hydrogen-bond acceptors (Lipinski definition) is 4. The third-order valence-electron chi connectivity index (χ3n) is 2.50. The maximum Gasteiger partial charge on any atom is 0.128 e. The fourth-order valence-corrected chi connectivity index (χ4v) is 1.62. The Morgan fingerprint density at radius 3 is 1.93 bits per heavy atom. The number of aliphatic hydroxyl groups is 2. The molecule has 0 heterocycles. The molecule has 0 aromatic heterocycles. The average molecular weight is 212 g/mol. The molecule has 0 fully saturated rings. The fourth-order valence-electron chi connectivity index (χ4n) is 1.62. The summed E-state index contributed by atoms with van der Waals surface area (Å²) in [6.45, 7) is 1.53. The highest BCUT2D eigenvalue weighted by Crippen LogP contribution is 2.33. The van der Waals surface area contributed by atoms with Crippen molar-refractivity contribution in [1.82, 2.24) is 0 Å². The van der Waals surface area contributed by atoms with Gasteiger partial charge >= 0.3 is 0 Å². The van der Waals surface area contributed by atoms with Gasteiger partial charge in [-0.05, 0) is 18.1 Å². The van der Waals surface area contributed by atoms with E-state index in [0.717, 1.165) is 5.56 Å². The topological polar surface area (TPSA) is 58.9 Å². The molecule has 1 rings (SSSR count). The SMILES string of the molecule is COc1cc(OC)c(CO)c(CO)c1C.